The zero-order chi connectivity index (χ0) is 20.1. The average Bonchev–Trinajstić information content (AvgIpc) is 3.47. The van der Waals surface area contributed by atoms with Crippen LogP contribution in [0.25, 0.3) is 11.6 Å². The number of aromatic amines is 1. The number of H-pyrrole nitrogens is 1. The second-order valence-corrected chi connectivity index (χ2v) is 7.27. The topological polar surface area (TPSA) is 94.4 Å². The van der Waals surface area contributed by atoms with Crippen LogP contribution in [0.4, 0.5) is 5.69 Å². The van der Waals surface area contributed by atoms with Crippen molar-refractivity contribution in [2.24, 2.45) is 4.99 Å². The van der Waals surface area contributed by atoms with Crippen molar-refractivity contribution < 1.29 is 4.42 Å². The molecule has 9 heteroatoms. The number of rotatable bonds is 6. The van der Waals surface area contributed by atoms with Crippen LogP contribution in [-0.2, 0) is 6.54 Å². The number of guanidine groups is 1. The fraction of sp³-hybridized carbons (Fsp3) is 0.350. The van der Waals surface area contributed by atoms with Gasteiger partial charge in [0.2, 0.25) is 5.82 Å². The van der Waals surface area contributed by atoms with Crippen molar-refractivity contribution in [3.05, 3.63) is 53.5 Å². The minimum Gasteiger partial charge on any atom is -0.461 e. The Morgan fingerprint density at radius 3 is 3.10 bits per heavy atom. The number of anilines is 1. The highest BCUT2D eigenvalue weighted by Gasteiger charge is 2.23. The lowest BCUT2D eigenvalue weighted by Crippen LogP contribution is -2.44. The summed E-state index contributed by atoms with van der Waals surface area (Å²) in [5, 5.41) is 14.7. The number of aliphatic imine (C=N–C) groups is 1. The highest BCUT2D eigenvalue weighted by molar-refractivity contribution is 6.30. The zero-order valence-corrected chi connectivity index (χ0v) is 17.0. The third kappa shape index (κ3) is 4.89. The predicted molar refractivity (Wildman–Crippen MR) is 114 cm³/mol. The number of aromatic nitrogens is 3. The van der Waals surface area contributed by atoms with Gasteiger partial charge in [0.05, 0.1) is 6.26 Å². The third-order valence-electron chi connectivity index (χ3n) is 4.71. The summed E-state index contributed by atoms with van der Waals surface area (Å²) in [6, 6.07) is 11.9. The molecule has 1 saturated heterocycles. The zero-order valence-electron chi connectivity index (χ0n) is 16.2. The van der Waals surface area contributed by atoms with E-state index in [4.69, 9.17) is 16.0 Å². The molecular formula is C20H24ClN7O. The minimum atomic E-state index is 0.306. The molecule has 1 fully saturated rings. The molecule has 0 saturated carbocycles. The Morgan fingerprint density at radius 2 is 2.31 bits per heavy atom. The second-order valence-electron chi connectivity index (χ2n) is 6.83. The van der Waals surface area contributed by atoms with Crippen molar-refractivity contribution in [1.82, 2.24) is 25.8 Å². The van der Waals surface area contributed by atoms with Gasteiger partial charge in [0, 0.05) is 36.4 Å². The molecule has 0 aliphatic carbocycles. The first-order valence-corrected chi connectivity index (χ1v) is 10.1. The largest absolute Gasteiger partial charge is 0.461 e. The molecule has 29 heavy (non-hydrogen) atoms. The number of hydrogen-bond acceptors (Lipinski definition) is 5. The summed E-state index contributed by atoms with van der Waals surface area (Å²) >= 11 is 6.13. The van der Waals surface area contributed by atoms with Gasteiger partial charge >= 0.3 is 0 Å². The highest BCUT2D eigenvalue weighted by Crippen LogP contribution is 2.23. The van der Waals surface area contributed by atoms with Crippen molar-refractivity contribution >= 4 is 23.2 Å². The van der Waals surface area contributed by atoms with Gasteiger partial charge in [0.15, 0.2) is 11.7 Å². The van der Waals surface area contributed by atoms with Gasteiger partial charge < -0.3 is 20.0 Å². The first kappa shape index (κ1) is 19.3. The molecule has 2 aromatic heterocycles. The Kier molecular flexibility index (Phi) is 6.00. The average molecular weight is 414 g/mol. The fourth-order valence-corrected chi connectivity index (χ4v) is 3.52. The van der Waals surface area contributed by atoms with Gasteiger partial charge in [0.25, 0.3) is 0 Å². The molecule has 1 aromatic carbocycles. The Hall–Kier alpha value is -3.00. The monoisotopic (exact) mass is 413 g/mol. The minimum absolute atomic E-state index is 0.306. The van der Waals surface area contributed by atoms with Crippen molar-refractivity contribution in [2.45, 2.75) is 25.9 Å². The van der Waals surface area contributed by atoms with E-state index in [0.29, 0.717) is 30.0 Å². The third-order valence-corrected chi connectivity index (χ3v) is 4.94. The normalized spacial score (nSPS) is 17.0. The maximum absolute atomic E-state index is 6.13. The van der Waals surface area contributed by atoms with E-state index < -0.39 is 0 Å². The van der Waals surface area contributed by atoms with Gasteiger partial charge in [-0.05, 0) is 43.7 Å². The number of benzene rings is 1. The molecule has 152 valence electrons. The SMILES string of the molecule is CCNC(=NCc1nc(-c2ccco2)n[nH]1)NC1CCN(c2cccc(Cl)c2)C1. The summed E-state index contributed by atoms with van der Waals surface area (Å²) < 4.78 is 5.32. The predicted octanol–water partition coefficient (Wildman–Crippen LogP) is 3.05. The maximum atomic E-state index is 6.13. The van der Waals surface area contributed by atoms with E-state index in [1.54, 1.807) is 6.26 Å². The number of hydrogen-bond donors (Lipinski definition) is 3. The highest BCUT2D eigenvalue weighted by atomic mass is 35.5. The lowest BCUT2D eigenvalue weighted by Gasteiger charge is -2.20. The molecule has 3 heterocycles. The number of nitrogens with one attached hydrogen (secondary N) is 3. The van der Waals surface area contributed by atoms with Crippen LogP contribution in [-0.4, -0.2) is 46.8 Å². The van der Waals surface area contributed by atoms with Crippen LogP contribution in [0.3, 0.4) is 0 Å². The van der Waals surface area contributed by atoms with Gasteiger partial charge in [-0.3, -0.25) is 5.10 Å². The molecule has 1 unspecified atom stereocenters. The molecule has 1 aliphatic rings. The van der Waals surface area contributed by atoms with Crippen LogP contribution < -0.4 is 15.5 Å². The summed E-state index contributed by atoms with van der Waals surface area (Å²) in [5.41, 5.74) is 1.15. The van der Waals surface area contributed by atoms with Gasteiger partial charge in [0.1, 0.15) is 12.4 Å². The summed E-state index contributed by atoms with van der Waals surface area (Å²) in [5.74, 6) is 2.61. The number of nitrogens with zero attached hydrogens (tertiary/aromatic N) is 4. The number of halogens is 1. The van der Waals surface area contributed by atoms with E-state index in [9.17, 15) is 0 Å². The summed E-state index contributed by atoms with van der Waals surface area (Å²) in [7, 11) is 0. The van der Waals surface area contributed by atoms with Crippen molar-refractivity contribution in [2.75, 3.05) is 24.5 Å². The van der Waals surface area contributed by atoms with E-state index >= 15 is 0 Å². The van der Waals surface area contributed by atoms with E-state index in [2.05, 4.69) is 41.8 Å². The molecule has 1 atom stereocenters. The van der Waals surface area contributed by atoms with Crippen LogP contribution in [0.15, 0.2) is 52.1 Å². The first-order chi connectivity index (χ1) is 14.2. The molecule has 0 amide bonds. The molecule has 1 aliphatic heterocycles. The van der Waals surface area contributed by atoms with Gasteiger partial charge in [-0.2, -0.15) is 0 Å². The molecule has 0 radical (unpaired) electrons. The quantitative estimate of drug-likeness (QED) is 0.424. The van der Waals surface area contributed by atoms with E-state index in [0.717, 1.165) is 42.7 Å². The van der Waals surface area contributed by atoms with Crippen molar-refractivity contribution in [1.29, 1.82) is 0 Å². The Labute approximate surface area is 174 Å². The Morgan fingerprint density at radius 1 is 1.38 bits per heavy atom. The van der Waals surface area contributed by atoms with Crippen LogP contribution in [0, 0.1) is 0 Å². The Bertz CT molecular complexity index is 953. The molecule has 3 N–H and O–H groups in total. The van der Waals surface area contributed by atoms with Gasteiger partial charge in [-0.15, -0.1) is 5.10 Å². The fourth-order valence-electron chi connectivity index (χ4n) is 3.33. The van der Waals surface area contributed by atoms with Gasteiger partial charge in [-0.25, -0.2) is 9.98 Å². The second kappa shape index (κ2) is 9.00. The van der Waals surface area contributed by atoms with Crippen molar-refractivity contribution in [3.8, 4) is 11.6 Å². The molecule has 4 rings (SSSR count). The van der Waals surface area contributed by atoms with E-state index in [1.165, 1.54) is 0 Å². The van der Waals surface area contributed by atoms with Crippen molar-refractivity contribution in [3.63, 3.8) is 0 Å². The van der Waals surface area contributed by atoms with Crippen LogP contribution in [0.2, 0.25) is 5.02 Å². The van der Waals surface area contributed by atoms with Crippen LogP contribution in [0.1, 0.15) is 19.2 Å². The molecule has 3 aromatic rings. The Balaban J connectivity index is 1.36. The maximum Gasteiger partial charge on any atom is 0.216 e. The molecular weight excluding hydrogens is 390 g/mol. The molecule has 0 bridgehead atoms. The van der Waals surface area contributed by atoms with Gasteiger partial charge in [-0.1, -0.05) is 17.7 Å². The first-order valence-electron chi connectivity index (χ1n) is 9.72. The summed E-state index contributed by atoms with van der Waals surface area (Å²) in [6.07, 6.45) is 2.63. The van der Waals surface area contributed by atoms with Crippen LogP contribution in [0.5, 0.6) is 0 Å². The summed E-state index contributed by atoms with van der Waals surface area (Å²) in [6.45, 7) is 5.10. The number of furan rings is 1. The smallest absolute Gasteiger partial charge is 0.216 e. The lowest BCUT2D eigenvalue weighted by molar-refractivity contribution is 0.577. The van der Waals surface area contributed by atoms with E-state index in [1.807, 2.05) is 37.3 Å². The standard InChI is InChI=1S/C20H24ClN7O/c1-2-22-20(23-12-18-25-19(27-26-18)17-7-4-10-29-17)24-15-8-9-28(13-15)16-6-3-5-14(21)11-16/h3-7,10-11,15H,2,8-9,12-13H2,1H3,(H2,22,23,24)(H,25,26,27). The molecule has 8 nitrogen and oxygen atoms in total. The van der Waals surface area contributed by atoms with Crippen LogP contribution >= 0.6 is 11.6 Å². The van der Waals surface area contributed by atoms with E-state index in [-0.39, 0.29) is 0 Å². The molecule has 0 spiro atoms. The summed E-state index contributed by atoms with van der Waals surface area (Å²) in [4.78, 5) is 11.4. The lowest BCUT2D eigenvalue weighted by atomic mass is 10.3.